The minimum absolute atomic E-state index is 0.0314. The van der Waals surface area contributed by atoms with Crippen molar-refractivity contribution in [2.24, 2.45) is 0 Å². The second-order valence-corrected chi connectivity index (χ2v) is 5.72. The number of hydrogen-bond donors (Lipinski definition) is 1. The van der Waals surface area contributed by atoms with E-state index in [9.17, 15) is 22.0 Å². The van der Waals surface area contributed by atoms with Crippen molar-refractivity contribution in [1.82, 2.24) is 10.2 Å². The SMILES string of the molecule is CC(NC1CCN(CC(F)(F)F)CC1)c1ccc(F)cc1F. The lowest BCUT2D eigenvalue weighted by molar-refractivity contribution is -0.148. The lowest BCUT2D eigenvalue weighted by Gasteiger charge is -2.34. The molecule has 1 heterocycles. The van der Waals surface area contributed by atoms with Crippen LogP contribution in [0, 0.1) is 11.6 Å². The van der Waals surface area contributed by atoms with Crippen molar-refractivity contribution < 1.29 is 22.0 Å². The van der Waals surface area contributed by atoms with Crippen LogP contribution in [0.4, 0.5) is 22.0 Å². The summed E-state index contributed by atoms with van der Waals surface area (Å²) in [6.07, 6.45) is -3.03. The molecule has 1 unspecified atom stereocenters. The summed E-state index contributed by atoms with van der Waals surface area (Å²) < 4.78 is 63.5. The molecule has 22 heavy (non-hydrogen) atoms. The number of alkyl halides is 3. The highest BCUT2D eigenvalue weighted by molar-refractivity contribution is 5.21. The molecule has 0 bridgehead atoms. The van der Waals surface area contributed by atoms with Gasteiger partial charge in [-0.1, -0.05) is 6.07 Å². The fraction of sp³-hybridized carbons (Fsp3) is 0.600. The largest absolute Gasteiger partial charge is 0.401 e. The van der Waals surface area contributed by atoms with Crippen LogP contribution in [0.2, 0.25) is 0 Å². The molecule has 1 saturated heterocycles. The van der Waals surface area contributed by atoms with Crippen LogP contribution in [0.3, 0.4) is 0 Å². The zero-order valence-electron chi connectivity index (χ0n) is 12.3. The summed E-state index contributed by atoms with van der Waals surface area (Å²) in [7, 11) is 0. The molecular formula is C15H19F5N2. The van der Waals surface area contributed by atoms with Crippen molar-refractivity contribution in [1.29, 1.82) is 0 Å². The fourth-order valence-electron chi connectivity index (χ4n) is 2.81. The molecule has 1 N–H and O–H groups in total. The van der Waals surface area contributed by atoms with Crippen molar-refractivity contribution >= 4 is 0 Å². The lowest BCUT2D eigenvalue weighted by Crippen LogP contribution is -2.46. The van der Waals surface area contributed by atoms with Gasteiger partial charge in [0.15, 0.2) is 0 Å². The number of benzene rings is 1. The standard InChI is InChI=1S/C15H19F5N2/c1-10(13-3-2-11(16)8-14(13)17)21-12-4-6-22(7-5-12)9-15(18,19)20/h2-3,8,10,12,21H,4-7,9H2,1H3. The van der Waals surface area contributed by atoms with Crippen molar-refractivity contribution in [2.75, 3.05) is 19.6 Å². The van der Waals surface area contributed by atoms with Gasteiger partial charge in [-0.2, -0.15) is 13.2 Å². The minimum atomic E-state index is -4.18. The van der Waals surface area contributed by atoms with Gasteiger partial charge in [0.25, 0.3) is 0 Å². The van der Waals surface area contributed by atoms with Crippen molar-refractivity contribution in [2.45, 2.75) is 38.0 Å². The van der Waals surface area contributed by atoms with Crippen LogP contribution >= 0.6 is 0 Å². The Morgan fingerprint density at radius 1 is 1.23 bits per heavy atom. The summed E-state index contributed by atoms with van der Waals surface area (Å²) >= 11 is 0. The second-order valence-electron chi connectivity index (χ2n) is 5.72. The van der Waals surface area contributed by atoms with E-state index < -0.39 is 24.4 Å². The van der Waals surface area contributed by atoms with Gasteiger partial charge < -0.3 is 5.32 Å². The average Bonchev–Trinajstić information content (AvgIpc) is 2.39. The fourth-order valence-corrected chi connectivity index (χ4v) is 2.81. The third-order valence-electron chi connectivity index (χ3n) is 3.91. The summed E-state index contributed by atoms with van der Waals surface area (Å²) in [6.45, 7) is 1.59. The Morgan fingerprint density at radius 2 is 1.86 bits per heavy atom. The van der Waals surface area contributed by atoms with E-state index >= 15 is 0 Å². The van der Waals surface area contributed by atoms with E-state index in [1.54, 1.807) is 6.92 Å². The first-order valence-corrected chi connectivity index (χ1v) is 7.25. The first-order chi connectivity index (χ1) is 10.2. The van der Waals surface area contributed by atoms with Gasteiger partial charge in [0.05, 0.1) is 6.54 Å². The third kappa shape index (κ3) is 4.91. The molecule has 1 fully saturated rings. The molecular weight excluding hydrogens is 303 g/mol. The summed E-state index contributed by atoms with van der Waals surface area (Å²) in [5.74, 6) is -1.25. The van der Waals surface area contributed by atoms with E-state index in [-0.39, 0.29) is 12.1 Å². The van der Waals surface area contributed by atoms with Gasteiger partial charge in [0.2, 0.25) is 0 Å². The molecule has 0 amide bonds. The Bertz CT molecular complexity index is 495. The molecule has 2 nitrogen and oxygen atoms in total. The quantitative estimate of drug-likeness (QED) is 0.852. The third-order valence-corrected chi connectivity index (χ3v) is 3.91. The summed E-state index contributed by atoms with van der Waals surface area (Å²) in [5.41, 5.74) is 0.360. The zero-order valence-corrected chi connectivity index (χ0v) is 12.3. The number of nitrogens with zero attached hydrogens (tertiary/aromatic N) is 1. The van der Waals surface area contributed by atoms with Gasteiger partial charge >= 0.3 is 6.18 Å². The smallest absolute Gasteiger partial charge is 0.307 e. The van der Waals surface area contributed by atoms with E-state index in [0.717, 1.165) is 6.07 Å². The Morgan fingerprint density at radius 3 is 2.41 bits per heavy atom. The molecule has 0 aliphatic carbocycles. The van der Waals surface area contributed by atoms with Crippen LogP contribution in [-0.2, 0) is 0 Å². The monoisotopic (exact) mass is 322 g/mol. The molecule has 1 aromatic carbocycles. The normalized spacial score (nSPS) is 19.4. The number of likely N-dealkylation sites (tertiary alicyclic amines) is 1. The molecule has 1 aromatic rings. The molecule has 1 aliphatic heterocycles. The van der Waals surface area contributed by atoms with Gasteiger partial charge in [-0.05, 0) is 38.9 Å². The predicted octanol–water partition coefficient (Wildman–Crippen LogP) is 3.64. The molecule has 0 radical (unpaired) electrons. The minimum Gasteiger partial charge on any atom is -0.307 e. The van der Waals surface area contributed by atoms with Crippen molar-refractivity contribution in [3.05, 3.63) is 35.4 Å². The first-order valence-electron chi connectivity index (χ1n) is 7.25. The molecule has 124 valence electrons. The van der Waals surface area contributed by atoms with Crippen LogP contribution in [0.25, 0.3) is 0 Å². The first kappa shape index (κ1) is 17.1. The average molecular weight is 322 g/mol. The van der Waals surface area contributed by atoms with Gasteiger partial charge in [-0.15, -0.1) is 0 Å². The maximum atomic E-state index is 13.7. The Kier molecular flexibility index (Phi) is 5.39. The summed E-state index contributed by atoms with van der Waals surface area (Å²) in [5, 5.41) is 3.21. The molecule has 7 heteroatoms. The second kappa shape index (κ2) is 6.91. The summed E-state index contributed by atoms with van der Waals surface area (Å²) in [4.78, 5) is 1.38. The van der Waals surface area contributed by atoms with Gasteiger partial charge in [-0.25, -0.2) is 8.78 Å². The summed E-state index contributed by atoms with van der Waals surface area (Å²) in [6, 6.07) is 3.13. The van der Waals surface area contributed by atoms with Crippen molar-refractivity contribution in [3.63, 3.8) is 0 Å². The number of rotatable bonds is 4. The molecule has 0 spiro atoms. The molecule has 2 rings (SSSR count). The Labute approximate surface area is 126 Å². The zero-order chi connectivity index (χ0) is 16.3. The van der Waals surface area contributed by atoms with E-state index in [0.29, 0.717) is 31.5 Å². The van der Waals surface area contributed by atoms with Gasteiger partial charge in [0, 0.05) is 23.7 Å². The van der Waals surface area contributed by atoms with Crippen LogP contribution in [-0.4, -0.2) is 36.8 Å². The number of hydrogen-bond acceptors (Lipinski definition) is 2. The molecule has 0 aromatic heterocycles. The van der Waals surface area contributed by atoms with Gasteiger partial charge in [-0.3, -0.25) is 4.90 Å². The van der Waals surface area contributed by atoms with E-state index in [2.05, 4.69) is 5.32 Å². The van der Waals surface area contributed by atoms with Gasteiger partial charge in [0.1, 0.15) is 11.6 Å². The number of piperidine rings is 1. The predicted molar refractivity (Wildman–Crippen MR) is 73.4 cm³/mol. The number of nitrogens with one attached hydrogen (secondary N) is 1. The molecule has 1 atom stereocenters. The van der Waals surface area contributed by atoms with Crippen LogP contribution in [0.1, 0.15) is 31.4 Å². The maximum absolute atomic E-state index is 13.7. The van der Waals surface area contributed by atoms with Crippen LogP contribution < -0.4 is 5.32 Å². The Hall–Kier alpha value is -1.21. The molecule has 0 saturated carbocycles. The maximum Gasteiger partial charge on any atom is 0.401 e. The van der Waals surface area contributed by atoms with Crippen LogP contribution in [0.5, 0.6) is 0 Å². The highest BCUT2D eigenvalue weighted by Crippen LogP contribution is 2.23. The van der Waals surface area contributed by atoms with E-state index in [1.165, 1.54) is 17.0 Å². The van der Waals surface area contributed by atoms with E-state index in [1.807, 2.05) is 0 Å². The highest BCUT2D eigenvalue weighted by atomic mass is 19.4. The lowest BCUT2D eigenvalue weighted by atomic mass is 10.0. The van der Waals surface area contributed by atoms with Crippen LogP contribution in [0.15, 0.2) is 18.2 Å². The van der Waals surface area contributed by atoms with Crippen molar-refractivity contribution in [3.8, 4) is 0 Å². The topological polar surface area (TPSA) is 15.3 Å². The number of halogens is 5. The highest BCUT2D eigenvalue weighted by Gasteiger charge is 2.32. The van der Waals surface area contributed by atoms with E-state index in [4.69, 9.17) is 0 Å². The molecule has 1 aliphatic rings. The Balaban J connectivity index is 1.85.